The molecule has 0 saturated carbocycles. The Hall–Kier alpha value is -3.91. The number of aromatic nitrogens is 1. The first-order valence-corrected chi connectivity index (χ1v) is 11.6. The number of benzene rings is 4. The van der Waals surface area contributed by atoms with Crippen LogP contribution in [-0.2, 0) is 4.74 Å². The van der Waals surface area contributed by atoms with Crippen LogP contribution in [0.5, 0.6) is 0 Å². The molecule has 0 saturated heterocycles. The smallest absolute Gasteiger partial charge is 0.127 e. The molecule has 0 unspecified atom stereocenters. The lowest BCUT2D eigenvalue weighted by Gasteiger charge is -2.17. The number of para-hydroxylation sites is 1. The van der Waals surface area contributed by atoms with Crippen LogP contribution in [0.4, 0.5) is 0 Å². The molecule has 0 radical (unpaired) electrons. The van der Waals surface area contributed by atoms with Crippen molar-refractivity contribution in [2.75, 3.05) is 6.61 Å². The fourth-order valence-corrected chi connectivity index (χ4v) is 4.28. The third kappa shape index (κ3) is 4.38. The SMILES string of the molecule is CCCCOC(=Cc1ccccc1)c1cccc2nc3ccccc3c(-c3ccccc3)c12. The molecule has 0 bridgehead atoms. The van der Waals surface area contributed by atoms with Gasteiger partial charge in [-0.3, -0.25) is 0 Å². The van der Waals surface area contributed by atoms with E-state index in [1.807, 2.05) is 12.1 Å². The molecule has 0 N–H and O–H groups in total. The average Bonchev–Trinajstić information content (AvgIpc) is 2.87. The van der Waals surface area contributed by atoms with E-state index >= 15 is 0 Å². The van der Waals surface area contributed by atoms with Crippen molar-refractivity contribution in [1.29, 1.82) is 0 Å². The summed E-state index contributed by atoms with van der Waals surface area (Å²) in [5.41, 5.74) is 6.55. The molecule has 0 spiro atoms. The summed E-state index contributed by atoms with van der Waals surface area (Å²) < 4.78 is 6.42. The number of fused-ring (bicyclic) bond motifs is 2. The maximum Gasteiger partial charge on any atom is 0.127 e. The Kier molecular flexibility index (Phi) is 6.16. The molecule has 5 rings (SSSR count). The molecule has 1 heterocycles. The van der Waals surface area contributed by atoms with E-state index in [2.05, 4.69) is 104 Å². The summed E-state index contributed by atoms with van der Waals surface area (Å²) in [7, 11) is 0. The van der Waals surface area contributed by atoms with Crippen LogP contribution in [0.25, 0.3) is 44.8 Å². The normalized spacial score (nSPS) is 11.7. The Balaban J connectivity index is 1.82. The molecule has 0 fully saturated rings. The first-order chi connectivity index (χ1) is 16.3. The molecule has 162 valence electrons. The molecule has 5 aromatic rings. The Morgan fingerprint density at radius 3 is 2.24 bits per heavy atom. The average molecular weight is 430 g/mol. The van der Waals surface area contributed by atoms with Crippen molar-refractivity contribution in [1.82, 2.24) is 4.98 Å². The minimum Gasteiger partial charge on any atom is -0.493 e. The van der Waals surface area contributed by atoms with Crippen molar-refractivity contribution in [3.63, 3.8) is 0 Å². The summed E-state index contributed by atoms with van der Waals surface area (Å²) in [5, 5.41) is 2.28. The molecule has 4 aromatic carbocycles. The predicted octanol–water partition coefficient (Wildman–Crippen LogP) is 8.37. The van der Waals surface area contributed by atoms with Crippen LogP contribution >= 0.6 is 0 Å². The lowest BCUT2D eigenvalue weighted by Crippen LogP contribution is -1.98. The highest BCUT2D eigenvalue weighted by molar-refractivity contribution is 6.13. The van der Waals surface area contributed by atoms with E-state index in [1.165, 1.54) is 11.1 Å². The molecule has 0 atom stereocenters. The van der Waals surface area contributed by atoms with Gasteiger partial charge in [-0.25, -0.2) is 4.98 Å². The van der Waals surface area contributed by atoms with E-state index in [4.69, 9.17) is 9.72 Å². The fourth-order valence-electron chi connectivity index (χ4n) is 4.28. The van der Waals surface area contributed by atoms with E-state index in [1.54, 1.807) is 0 Å². The van der Waals surface area contributed by atoms with Gasteiger partial charge in [-0.1, -0.05) is 104 Å². The van der Waals surface area contributed by atoms with E-state index in [9.17, 15) is 0 Å². The minimum atomic E-state index is 0.688. The maximum absolute atomic E-state index is 6.42. The number of nitrogens with zero attached hydrogens (tertiary/aromatic N) is 1. The van der Waals surface area contributed by atoms with Crippen LogP contribution in [0.3, 0.4) is 0 Å². The van der Waals surface area contributed by atoms with Crippen molar-refractivity contribution in [2.24, 2.45) is 0 Å². The van der Waals surface area contributed by atoms with Crippen LogP contribution in [0.15, 0.2) is 103 Å². The Labute approximate surface area is 195 Å². The van der Waals surface area contributed by atoms with Crippen molar-refractivity contribution < 1.29 is 4.74 Å². The van der Waals surface area contributed by atoms with Gasteiger partial charge < -0.3 is 4.74 Å². The summed E-state index contributed by atoms with van der Waals surface area (Å²) >= 11 is 0. The second-order valence-electron chi connectivity index (χ2n) is 8.19. The van der Waals surface area contributed by atoms with Gasteiger partial charge in [-0.05, 0) is 35.8 Å². The minimum absolute atomic E-state index is 0.688. The van der Waals surface area contributed by atoms with Gasteiger partial charge in [-0.2, -0.15) is 0 Å². The number of rotatable bonds is 7. The second kappa shape index (κ2) is 9.70. The molecule has 0 aliphatic heterocycles. The number of ether oxygens (including phenoxy) is 1. The van der Waals surface area contributed by atoms with Crippen molar-refractivity contribution in [3.05, 3.63) is 114 Å². The van der Waals surface area contributed by atoms with Crippen molar-refractivity contribution >= 4 is 33.6 Å². The molecule has 2 heteroatoms. The summed E-state index contributed by atoms with van der Waals surface area (Å²) in [4.78, 5) is 5.03. The van der Waals surface area contributed by atoms with Gasteiger partial charge in [0.1, 0.15) is 5.76 Å². The van der Waals surface area contributed by atoms with E-state index < -0.39 is 0 Å². The molecular formula is C31H27NO. The predicted molar refractivity (Wildman–Crippen MR) is 140 cm³/mol. The molecule has 33 heavy (non-hydrogen) atoms. The lowest BCUT2D eigenvalue weighted by atomic mass is 9.92. The second-order valence-corrected chi connectivity index (χ2v) is 8.19. The van der Waals surface area contributed by atoms with Gasteiger partial charge in [0.2, 0.25) is 0 Å². The highest BCUT2D eigenvalue weighted by atomic mass is 16.5. The van der Waals surface area contributed by atoms with Gasteiger partial charge in [0, 0.05) is 21.9 Å². The van der Waals surface area contributed by atoms with Crippen molar-refractivity contribution in [2.45, 2.75) is 19.8 Å². The van der Waals surface area contributed by atoms with Gasteiger partial charge in [0.25, 0.3) is 0 Å². The molecule has 0 aliphatic carbocycles. The van der Waals surface area contributed by atoms with Crippen LogP contribution in [0.2, 0.25) is 0 Å². The number of hydrogen-bond acceptors (Lipinski definition) is 2. The van der Waals surface area contributed by atoms with E-state index in [0.717, 1.165) is 51.5 Å². The molecule has 0 aliphatic rings. The Morgan fingerprint density at radius 1 is 0.758 bits per heavy atom. The first kappa shape index (κ1) is 21.0. The summed E-state index contributed by atoms with van der Waals surface area (Å²) in [6.45, 7) is 2.87. The third-order valence-electron chi connectivity index (χ3n) is 5.89. The maximum atomic E-state index is 6.42. The number of unbranched alkanes of at least 4 members (excludes halogenated alkanes) is 1. The van der Waals surface area contributed by atoms with E-state index in [-0.39, 0.29) is 0 Å². The largest absolute Gasteiger partial charge is 0.493 e. The van der Waals surface area contributed by atoms with Gasteiger partial charge >= 0.3 is 0 Å². The Bertz CT molecular complexity index is 1410. The summed E-state index contributed by atoms with van der Waals surface area (Å²) in [6, 6.07) is 35.7. The first-order valence-electron chi connectivity index (χ1n) is 11.6. The monoisotopic (exact) mass is 429 g/mol. The molecule has 1 aromatic heterocycles. The topological polar surface area (TPSA) is 22.1 Å². The molecular weight excluding hydrogens is 402 g/mol. The fraction of sp³-hybridized carbons (Fsp3) is 0.129. The standard InChI is InChI=1S/C31H27NO/c1-2-3-21-33-29(22-23-13-6-4-7-14-23)26-18-12-20-28-31(26)30(24-15-8-5-9-16-24)25-17-10-11-19-27(25)32-28/h4-20,22H,2-3,21H2,1H3. The van der Waals surface area contributed by atoms with Gasteiger partial charge in [0.05, 0.1) is 17.6 Å². The van der Waals surface area contributed by atoms with E-state index in [0.29, 0.717) is 6.61 Å². The lowest BCUT2D eigenvalue weighted by molar-refractivity contribution is 0.272. The van der Waals surface area contributed by atoms with Gasteiger partial charge in [-0.15, -0.1) is 0 Å². The highest BCUT2D eigenvalue weighted by Gasteiger charge is 2.17. The zero-order chi connectivity index (χ0) is 22.5. The zero-order valence-corrected chi connectivity index (χ0v) is 18.9. The van der Waals surface area contributed by atoms with Crippen LogP contribution in [0.1, 0.15) is 30.9 Å². The summed E-state index contributed by atoms with van der Waals surface area (Å²) in [6.07, 6.45) is 4.26. The molecule has 2 nitrogen and oxygen atoms in total. The van der Waals surface area contributed by atoms with Crippen LogP contribution in [0, 0.1) is 0 Å². The third-order valence-corrected chi connectivity index (χ3v) is 5.89. The van der Waals surface area contributed by atoms with Gasteiger partial charge in [0.15, 0.2) is 0 Å². The quantitative estimate of drug-likeness (QED) is 0.112. The Morgan fingerprint density at radius 2 is 1.45 bits per heavy atom. The van der Waals surface area contributed by atoms with Crippen LogP contribution in [-0.4, -0.2) is 11.6 Å². The number of hydrogen-bond donors (Lipinski definition) is 0. The highest BCUT2D eigenvalue weighted by Crippen LogP contribution is 2.39. The van der Waals surface area contributed by atoms with Crippen LogP contribution < -0.4 is 0 Å². The number of pyridine rings is 1. The zero-order valence-electron chi connectivity index (χ0n) is 18.9. The van der Waals surface area contributed by atoms with Crippen molar-refractivity contribution in [3.8, 4) is 11.1 Å². The molecule has 0 amide bonds. The summed E-state index contributed by atoms with van der Waals surface area (Å²) in [5.74, 6) is 0.884.